The van der Waals surface area contributed by atoms with Crippen molar-refractivity contribution in [2.75, 3.05) is 14.2 Å². The molecular weight excluding hydrogens is 318 g/mol. The third-order valence-electron chi connectivity index (χ3n) is 4.13. The highest BCUT2D eigenvalue weighted by molar-refractivity contribution is 5.99. The number of methoxy groups -OCH3 is 2. The van der Waals surface area contributed by atoms with Crippen LogP contribution in [-0.2, 0) is 0 Å². The second-order valence-electron chi connectivity index (χ2n) is 5.63. The quantitative estimate of drug-likeness (QED) is 0.697. The molecule has 0 aliphatic carbocycles. The van der Waals surface area contributed by atoms with Crippen molar-refractivity contribution in [2.24, 2.45) is 0 Å². The molecule has 128 valence electrons. The van der Waals surface area contributed by atoms with Gasteiger partial charge in [0.2, 0.25) is 0 Å². The Balaban J connectivity index is 1.87. The summed E-state index contributed by atoms with van der Waals surface area (Å²) in [5, 5.41) is 11.4. The summed E-state index contributed by atoms with van der Waals surface area (Å²) in [5.74, 6) is 0.832. The van der Waals surface area contributed by atoms with Gasteiger partial charge >= 0.3 is 0 Å². The molecule has 2 aromatic carbocycles. The van der Waals surface area contributed by atoms with Gasteiger partial charge in [0.05, 0.1) is 31.4 Å². The highest BCUT2D eigenvalue weighted by atomic mass is 16.5. The number of fused-ring (bicyclic) bond motifs is 1. The molecule has 3 rings (SSSR count). The number of aliphatic hydroxyl groups is 1. The maximum absolute atomic E-state index is 12.6. The monoisotopic (exact) mass is 337 g/mol. The molecule has 0 saturated heterocycles. The topological polar surface area (TPSA) is 68.7 Å². The fraction of sp³-hybridized carbons (Fsp3) is 0.200. The molecule has 5 nitrogen and oxygen atoms in total. The number of aromatic nitrogens is 1. The van der Waals surface area contributed by atoms with E-state index in [1.807, 2.05) is 24.3 Å². The maximum Gasteiger partial charge on any atom is 0.169 e. The van der Waals surface area contributed by atoms with Gasteiger partial charge < -0.3 is 14.6 Å². The summed E-state index contributed by atoms with van der Waals surface area (Å²) < 4.78 is 10.4. The van der Waals surface area contributed by atoms with Crippen molar-refractivity contribution < 1.29 is 19.4 Å². The zero-order valence-electron chi connectivity index (χ0n) is 14.1. The minimum absolute atomic E-state index is 0.0449. The summed E-state index contributed by atoms with van der Waals surface area (Å²) in [5.41, 5.74) is 1.89. The number of carbonyl (C=O) groups excluding carboxylic acids is 1. The summed E-state index contributed by atoms with van der Waals surface area (Å²) in [7, 11) is 3.05. The highest BCUT2D eigenvalue weighted by Gasteiger charge is 2.20. The number of ketones is 1. The first-order valence-electron chi connectivity index (χ1n) is 7.91. The molecule has 0 bridgehead atoms. The number of ether oxygens (including phenoxy) is 2. The number of rotatable bonds is 6. The lowest BCUT2D eigenvalue weighted by atomic mass is 9.97. The van der Waals surface area contributed by atoms with Gasteiger partial charge in [0, 0.05) is 24.1 Å². The van der Waals surface area contributed by atoms with E-state index in [0.29, 0.717) is 22.6 Å². The van der Waals surface area contributed by atoms with E-state index in [4.69, 9.17) is 9.47 Å². The summed E-state index contributed by atoms with van der Waals surface area (Å²) in [4.78, 5) is 16.9. The Morgan fingerprint density at radius 1 is 1.12 bits per heavy atom. The van der Waals surface area contributed by atoms with E-state index < -0.39 is 6.10 Å². The van der Waals surface area contributed by atoms with Crippen molar-refractivity contribution in [1.82, 2.24) is 4.98 Å². The van der Waals surface area contributed by atoms with E-state index in [9.17, 15) is 9.90 Å². The molecule has 1 aromatic heterocycles. The predicted molar refractivity (Wildman–Crippen MR) is 95.2 cm³/mol. The van der Waals surface area contributed by atoms with E-state index in [1.54, 1.807) is 37.6 Å². The second-order valence-corrected chi connectivity index (χ2v) is 5.63. The molecule has 0 fully saturated rings. The van der Waals surface area contributed by atoms with Gasteiger partial charge in [-0.25, -0.2) is 0 Å². The lowest BCUT2D eigenvalue weighted by Crippen LogP contribution is -2.09. The van der Waals surface area contributed by atoms with Gasteiger partial charge in [-0.05, 0) is 29.8 Å². The van der Waals surface area contributed by atoms with Crippen LogP contribution in [0.3, 0.4) is 0 Å². The third kappa shape index (κ3) is 3.46. The van der Waals surface area contributed by atoms with Gasteiger partial charge in [-0.3, -0.25) is 9.78 Å². The van der Waals surface area contributed by atoms with E-state index >= 15 is 0 Å². The summed E-state index contributed by atoms with van der Waals surface area (Å²) in [6.45, 7) is 0. The number of hydrogen-bond donors (Lipinski definition) is 1. The average molecular weight is 337 g/mol. The van der Waals surface area contributed by atoms with Gasteiger partial charge in [0.25, 0.3) is 0 Å². The Bertz CT molecular complexity index is 902. The van der Waals surface area contributed by atoms with Gasteiger partial charge in [-0.15, -0.1) is 0 Å². The fourth-order valence-electron chi connectivity index (χ4n) is 2.83. The average Bonchev–Trinajstić information content (AvgIpc) is 2.66. The molecule has 1 N–H and O–H groups in total. The number of aliphatic hydroxyl groups excluding tert-OH is 1. The van der Waals surface area contributed by atoms with Gasteiger partial charge in [-0.1, -0.05) is 18.2 Å². The van der Waals surface area contributed by atoms with Crippen LogP contribution in [0.15, 0.2) is 54.7 Å². The predicted octanol–water partition coefficient (Wildman–Crippen LogP) is 3.56. The lowest BCUT2D eigenvalue weighted by Gasteiger charge is -2.14. The largest absolute Gasteiger partial charge is 0.497 e. The number of pyridine rings is 1. The van der Waals surface area contributed by atoms with E-state index in [-0.39, 0.29) is 12.2 Å². The van der Waals surface area contributed by atoms with E-state index in [1.165, 1.54) is 7.11 Å². The van der Waals surface area contributed by atoms with Crippen molar-refractivity contribution in [3.05, 3.63) is 65.9 Å². The van der Waals surface area contributed by atoms with Crippen LogP contribution in [0.25, 0.3) is 10.9 Å². The zero-order valence-corrected chi connectivity index (χ0v) is 14.1. The summed E-state index contributed by atoms with van der Waals surface area (Å²) in [6.07, 6.45) is 0.669. The van der Waals surface area contributed by atoms with Crippen molar-refractivity contribution in [1.29, 1.82) is 0 Å². The number of benzene rings is 2. The first-order chi connectivity index (χ1) is 12.1. The smallest absolute Gasteiger partial charge is 0.169 e. The molecule has 1 heterocycles. The molecule has 0 aliphatic heterocycles. The van der Waals surface area contributed by atoms with Crippen LogP contribution >= 0.6 is 0 Å². The molecule has 0 radical (unpaired) electrons. The van der Waals surface area contributed by atoms with Crippen molar-refractivity contribution in [2.45, 2.75) is 12.5 Å². The van der Waals surface area contributed by atoms with Gasteiger partial charge in [0.15, 0.2) is 5.78 Å². The first kappa shape index (κ1) is 16.9. The van der Waals surface area contributed by atoms with Crippen LogP contribution in [0.4, 0.5) is 0 Å². The Kier molecular flexibility index (Phi) is 4.95. The van der Waals surface area contributed by atoms with E-state index in [2.05, 4.69) is 4.98 Å². The standard InChI is InChI=1S/C20H19NO4/c1-24-13-7-8-16(20(11-13)25-2)19(23)12-18(22)15-9-10-21-17-6-4-3-5-14(15)17/h3-11,18,22H,12H2,1-2H3. The minimum atomic E-state index is -0.924. The van der Waals surface area contributed by atoms with Gasteiger partial charge in [-0.2, -0.15) is 0 Å². The van der Waals surface area contributed by atoms with Crippen LogP contribution in [0.1, 0.15) is 28.4 Å². The Morgan fingerprint density at radius 3 is 2.68 bits per heavy atom. The molecule has 3 aromatic rings. The Hall–Kier alpha value is -2.92. The summed E-state index contributed by atoms with van der Waals surface area (Å²) in [6, 6.07) is 14.3. The second kappa shape index (κ2) is 7.32. The molecule has 1 unspecified atom stereocenters. The highest BCUT2D eigenvalue weighted by Crippen LogP contribution is 2.30. The van der Waals surface area contributed by atoms with Crippen molar-refractivity contribution in [3.8, 4) is 11.5 Å². The molecular formula is C20H19NO4. The lowest BCUT2D eigenvalue weighted by molar-refractivity contribution is 0.0879. The normalized spacial score (nSPS) is 12.0. The molecule has 0 aliphatic rings. The van der Waals surface area contributed by atoms with Crippen LogP contribution in [0.2, 0.25) is 0 Å². The number of Topliss-reactive ketones (excluding diaryl/α,β-unsaturated/α-hetero) is 1. The fourth-order valence-corrected chi connectivity index (χ4v) is 2.83. The molecule has 25 heavy (non-hydrogen) atoms. The number of carbonyl (C=O) groups is 1. The number of para-hydroxylation sites is 1. The maximum atomic E-state index is 12.6. The Labute approximate surface area is 145 Å². The SMILES string of the molecule is COc1ccc(C(=O)CC(O)c2ccnc3ccccc23)c(OC)c1. The molecule has 0 saturated carbocycles. The van der Waals surface area contributed by atoms with Gasteiger partial charge in [0.1, 0.15) is 11.5 Å². The summed E-state index contributed by atoms with van der Waals surface area (Å²) >= 11 is 0. The van der Waals surface area contributed by atoms with Crippen LogP contribution < -0.4 is 9.47 Å². The number of hydrogen-bond acceptors (Lipinski definition) is 5. The third-order valence-corrected chi connectivity index (χ3v) is 4.13. The molecule has 5 heteroatoms. The van der Waals surface area contributed by atoms with Crippen LogP contribution in [0, 0.1) is 0 Å². The molecule has 1 atom stereocenters. The van der Waals surface area contributed by atoms with Crippen molar-refractivity contribution in [3.63, 3.8) is 0 Å². The number of nitrogens with zero attached hydrogens (tertiary/aromatic N) is 1. The van der Waals surface area contributed by atoms with Crippen LogP contribution in [0.5, 0.6) is 11.5 Å². The zero-order chi connectivity index (χ0) is 17.8. The minimum Gasteiger partial charge on any atom is -0.497 e. The first-order valence-corrected chi connectivity index (χ1v) is 7.91. The van der Waals surface area contributed by atoms with E-state index in [0.717, 1.165) is 10.9 Å². The molecule has 0 spiro atoms. The molecule has 0 amide bonds. The Morgan fingerprint density at radius 2 is 1.92 bits per heavy atom. The van der Waals surface area contributed by atoms with Crippen molar-refractivity contribution >= 4 is 16.7 Å². The van der Waals surface area contributed by atoms with Crippen LogP contribution in [-0.4, -0.2) is 30.1 Å².